The van der Waals surface area contributed by atoms with Crippen LogP contribution < -0.4 is 5.32 Å². The van der Waals surface area contributed by atoms with E-state index in [1.807, 2.05) is 0 Å². The maximum atomic E-state index is 3.44. The number of hydrogen-bond donors (Lipinski definition) is 1. The summed E-state index contributed by atoms with van der Waals surface area (Å²) in [5.41, 5.74) is 3.30. The fourth-order valence-corrected chi connectivity index (χ4v) is 2.72. The van der Waals surface area contributed by atoms with Crippen molar-refractivity contribution >= 4 is 0 Å². The van der Waals surface area contributed by atoms with Crippen molar-refractivity contribution in [3.63, 3.8) is 0 Å². The summed E-state index contributed by atoms with van der Waals surface area (Å²) >= 11 is 0. The summed E-state index contributed by atoms with van der Waals surface area (Å²) in [5, 5.41) is 3.44. The smallest absolute Gasteiger partial charge is 0.00462 e. The van der Waals surface area contributed by atoms with Crippen LogP contribution >= 0.6 is 0 Å². The molecule has 0 amide bonds. The average molecular weight is 245 g/mol. The van der Waals surface area contributed by atoms with Gasteiger partial charge in [-0.15, -0.1) is 0 Å². The van der Waals surface area contributed by atoms with Crippen LogP contribution in [-0.2, 0) is 11.8 Å². The third-order valence-corrected chi connectivity index (χ3v) is 4.60. The van der Waals surface area contributed by atoms with Crippen molar-refractivity contribution in [1.82, 2.24) is 5.32 Å². The predicted molar refractivity (Wildman–Crippen MR) is 79.1 cm³/mol. The van der Waals surface area contributed by atoms with Gasteiger partial charge < -0.3 is 5.32 Å². The van der Waals surface area contributed by atoms with Gasteiger partial charge in [0.2, 0.25) is 0 Å². The monoisotopic (exact) mass is 245 g/mol. The van der Waals surface area contributed by atoms with Crippen LogP contribution in [0.1, 0.15) is 51.2 Å². The van der Waals surface area contributed by atoms with Gasteiger partial charge in [0.1, 0.15) is 0 Å². The summed E-state index contributed by atoms with van der Waals surface area (Å²) in [7, 11) is 0. The Bertz CT molecular complexity index is 358. The predicted octanol–water partition coefficient (Wildman–Crippen LogP) is 3.92. The third-order valence-electron chi connectivity index (χ3n) is 4.60. The van der Waals surface area contributed by atoms with Crippen molar-refractivity contribution in [2.75, 3.05) is 13.1 Å². The molecule has 0 unspecified atom stereocenters. The van der Waals surface area contributed by atoms with Crippen molar-refractivity contribution in [1.29, 1.82) is 0 Å². The van der Waals surface area contributed by atoms with Crippen LogP contribution in [-0.4, -0.2) is 13.1 Å². The van der Waals surface area contributed by atoms with Gasteiger partial charge in [0.15, 0.2) is 0 Å². The van der Waals surface area contributed by atoms with Gasteiger partial charge in [-0.05, 0) is 61.2 Å². The van der Waals surface area contributed by atoms with E-state index < -0.39 is 0 Å². The second-order valence-electron chi connectivity index (χ2n) is 6.33. The Hall–Kier alpha value is -0.820. The maximum Gasteiger partial charge on any atom is -0.00462 e. The quantitative estimate of drug-likeness (QED) is 0.848. The van der Waals surface area contributed by atoms with E-state index in [9.17, 15) is 0 Å². The van der Waals surface area contributed by atoms with Crippen LogP contribution in [0.15, 0.2) is 24.3 Å². The number of hydrogen-bond acceptors (Lipinski definition) is 1. The summed E-state index contributed by atoms with van der Waals surface area (Å²) in [6, 6.07) is 9.35. The number of benzene rings is 1. The highest BCUT2D eigenvalue weighted by Gasteiger charge is 2.18. The topological polar surface area (TPSA) is 12.0 Å². The minimum absolute atomic E-state index is 0.313. The SMILES string of the molecule is CCC(C)(C)c1ccc(CC2CCNCC2)cc1. The average Bonchev–Trinajstić information content (AvgIpc) is 2.40. The summed E-state index contributed by atoms with van der Waals surface area (Å²) < 4.78 is 0. The van der Waals surface area contributed by atoms with Gasteiger partial charge in [0.25, 0.3) is 0 Å². The summed E-state index contributed by atoms with van der Waals surface area (Å²) in [6.45, 7) is 9.32. The fourth-order valence-electron chi connectivity index (χ4n) is 2.72. The van der Waals surface area contributed by atoms with Crippen molar-refractivity contribution in [2.45, 2.75) is 51.9 Å². The first-order valence-electron chi connectivity index (χ1n) is 7.42. The molecule has 1 aliphatic rings. The van der Waals surface area contributed by atoms with Crippen LogP contribution in [0.2, 0.25) is 0 Å². The van der Waals surface area contributed by atoms with E-state index in [4.69, 9.17) is 0 Å². The molecule has 0 spiro atoms. The molecule has 1 aromatic carbocycles. The third kappa shape index (κ3) is 3.35. The molecule has 2 rings (SSSR count). The van der Waals surface area contributed by atoms with Crippen molar-refractivity contribution in [2.24, 2.45) is 5.92 Å². The van der Waals surface area contributed by atoms with Gasteiger partial charge in [0.05, 0.1) is 0 Å². The summed E-state index contributed by atoms with van der Waals surface area (Å²) in [5.74, 6) is 0.885. The molecule has 1 heteroatoms. The lowest BCUT2D eigenvalue weighted by Crippen LogP contribution is -2.28. The first-order chi connectivity index (χ1) is 8.62. The van der Waals surface area contributed by atoms with E-state index in [0.717, 1.165) is 5.92 Å². The highest BCUT2D eigenvalue weighted by molar-refractivity contribution is 5.28. The minimum Gasteiger partial charge on any atom is -0.317 e. The molecule has 1 N–H and O–H groups in total. The molecule has 1 aromatic rings. The number of piperidine rings is 1. The molecular weight excluding hydrogens is 218 g/mol. The van der Waals surface area contributed by atoms with E-state index in [-0.39, 0.29) is 0 Å². The van der Waals surface area contributed by atoms with Gasteiger partial charge in [-0.2, -0.15) is 0 Å². The van der Waals surface area contributed by atoms with Crippen LogP contribution in [0.4, 0.5) is 0 Å². The molecule has 1 aliphatic heterocycles. The van der Waals surface area contributed by atoms with Crippen LogP contribution in [0.3, 0.4) is 0 Å². The van der Waals surface area contributed by atoms with Crippen molar-refractivity contribution in [3.8, 4) is 0 Å². The largest absolute Gasteiger partial charge is 0.317 e. The Labute approximate surface area is 112 Å². The van der Waals surface area contributed by atoms with Crippen molar-refractivity contribution in [3.05, 3.63) is 35.4 Å². The standard InChI is InChI=1S/C17H27N/c1-4-17(2,3)16-7-5-14(6-8-16)13-15-9-11-18-12-10-15/h5-8,15,18H,4,9-13H2,1-3H3. The van der Waals surface area contributed by atoms with Gasteiger partial charge in [-0.3, -0.25) is 0 Å². The maximum absolute atomic E-state index is 3.44. The molecule has 1 fully saturated rings. The minimum atomic E-state index is 0.313. The van der Waals surface area contributed by atoms with Gasteiger partial charge >= 0.3 is 0 Å². The molecule has 0 aliphatic carbocycles. The molecule has 1 saturated heterocycles. The van der Waals surface area contributed by atoms with E-state index in [0.29, 0.717) is 5.41 Å². The normalized spacial score (nSPS) is 17.9. The van der Waals surface area contributed by atoms with Crippen LogP contribution in [0.25, 0.3) is 0 Å². The second-order valence-corrected chi connectivity index (χ2v) is 6.33. The zero-order chi connectivity index (χ0) is 13.0. The van der Waals surface area contributed by atoms with Crippen molar-refractivity contribution < 1.29 is 0 Å². The van der Waals surface area contributed by atoms with Crippen LogP contribution in [0, 0.1) is 5.92 Å². The first-order valence-corrected chi connectivity index (χ1v) is 7.42. The Morgan fingerprint density at radius 2 is 1.72 bits per heavy atom. The molecule has 0 saturated carbocycles. The molecule has 1 heterocycles. The molecule has 0 bridgehead atoms. The molecule has 0 atom stereocenters. The van der Waals surface area contributed by atoms with Gasteiger partial charge in [-0.25, -0.2) is 0 Å². The zero-order valence-corrected chi connectivity index (χ0v) is 12.1. The molecule has 100 valence electrons. The first kappa shape index (κ1) is 13.6. The van der Waals surface area contributed by atoms with Gasteiger partial charge in [-0.1, -0.05) is 45.0 Å². The molecule has 0 aromatic heterocycles. The van der Waals surface area contributed by atoms with E-state index >= 15 is 0 Å². The fraction of sp³-hybridized carbons (Fsp3) is 0.647. The molecule has 1 nitrogen and oxygen atoms in total. The molecular formula is C17H27N. The highest BCUT2D eigenvalue weighted by atomic mass is 14.9. The summed E-state index contributed by atoms with van der Waals surface area (Å²) in [6.07, 6.45) is 5.12. The lowest BCUT2D eigenvalue weighted by Gasteiger charge is -2.25. The Kier molecular flexibility index (Phi) is 4.45. The highest BCUT2D eigenvalue weighted by Crippen LogP contribution is 2.27. The van der Waals surface area contributed by atoms with E-state index in [1.54, 1.807) is 0 Å². The lowest BCUT2D eigenvalue weighted by molar-refractivity contribution is 0.372. The Balaban J connectivity index is 1.99. The number of rotatable bonds is 4. The Morgan fingerprint density at radius 3 is 2.28 bits per heavy atom. The van der Waals surface area contributed by atoms with Crippen LogP contribution in [0.5, 0.6) is 0 Å². The molecule has 18 heavy (non-hydrogen) atoms. The Morgan fingerprint density at radius 1 is 1.11 bits per heavy atom. The zero-order valence-electron chi connectivity index (χ0n) is 12.1. The molecule has 0 radical (unpaired) electrons. The van der Waals surface area contributed by atoms with Gasteiger partial charge in [0, 0.05) is 0 Å². The second kappa shape index (κ2) is 5.88. The van der Waals surface area contributed by atoms with E-state index in [1.165, 1.54) is 49.9 Å². The van der Waals surface area contributed by atoms with E-state index in [2.05, 4.69) is 50.4 Å². The summed E-state index contributed by atoms with van der Waals surface area (Å²) in [4.78, 5) is 0. The number of nitrogens with one attached hydrogen (secondary N) is 1. The lowest BCUT2D eigenvalue weighted by atomic mass is 9.81.